The Morgan fingerprint density at radius 2 is 2.35 bits per heavy atom. The van der Waals surface area contributed by atoms with Crippen molar-refractivity contribution in [1.29, 1.82) is 0 Å². The Hall–Kier alpha value is -1.21. The molecule has 96 valence electrons. The number of thiophene rings is 1. The number of aliphatic hydroxyl groups is 1. The third-order valence-electron chi connectivity index (χ3n) is 2.06. The molecule has 0 saturated carbocycles. The van der Waals surface area contributed by atoms with Gasteiger partial charge in [0.1, 0.15) is 10.6 Å². The maximum Gasteiger partial charge on any atom is 0.268 e. The minimum atomic E-state index is -2.63. The molecular formula is C10H13F2NO3S. The largest absolute Gasteiger partial charge is 0.495 e. The van der Waals surface area contributed by atoms with E-state index in [9.17, 15) is 13.6 Å². The molecule has 4 nitrogen and oxygen atoms in total. The number of hydrogen-bond donors (Lipinski definition) is 1. The van der Waals surface area contributed by atoms with Crippen LogP contribution in [0.3, 0.4) is 0 Å². The predicted molar refractivity (Wildman–Crippen MR) is 59.9 cm³/mol. The van der Waals surface area contributed by atoms with Crippen LogP contribution in [0.15, 0.2) is 11.4 Å². The Morgan fingerprint density at radius 1 is 1.65 bits per heavy atom. The molecule has 1 rings (SSSR count). The maximum absolute atomic E-state index is 12.3. The lowest BCUT2D eigenvalue weighted by molar-refractivity contribution is 0.0511. The normalized spacial score (nSPS) is 10.6. The number of nitrogens with zero attached hydrogens (tertiary/aromatic N) is 1. The van der Waals surface area contributed by atoms with Gasteiger partial charge >= 0.3 is 0 Å². The van der Waals surface area contributed by atoms with E-state index in [0.717, 1.165) is 16.2 Å². The first-order chi connectivity index (χ1) is 8.10. The van der Waals surface area contributed by atoms with Crippen LogP contribution < -0.4 is 4.74 Å². The van der Waals surface area contributed by atoms with Gasteiger partial charge in [-0.2, -0.15) is 0 Å². The molecule has 0 aliphatic carbocycles. The summed E-state index contributed by atoms with van der Waals surface area (Å²) in [4.78, 5) is 13.1. The van der Waals surface area contributed by atoms with Gasteiger partial charge in [-0.05, 0) is 11.4 Å². The lowest BCUT2D eigenvalue weighted by Crippen LogP contribution is -2.37. The van der Waals surface area contributed by atoms with Gasteiger partial charge in [0, 0.05) is 6.54 Å². The van der Waals surface area contributed by atoms with Crippen LogP contribution in [0.4, 0.5) is 8.78 Å². The van der Waals surface area contributed by atoms with Crippen LogP contribution in [0.5, 0.6) is 5.75 Å². The number of carbonyl (C=O) groups excluding carboxylic acids is 1. The van der Waals surface area contributed by atoms with Gasteiger partial charge in [0.2, 0.25) is 0 Å². The summed E-state index contributed by atoms with van der Waals surface area (Å²) in [5.74, 6) is -0.191. The maximum atomic E-state index is 12.3. The Balaban J connectivity index is 2.83. The topological polar surface area (TPSA) is 49.8 Å². The number of methoxy groups -OCH3 is 1. The molecule has 7 heteroatoms. The van der Waals surface area contributed by atoms with Gasteiger partial charge in [-0.1, -0.05) is 0 Å². The molecule has 0 radical (unpaired) electrons. The first-order valence-electron chi connectivity index (χ1n) is 4.90. The highest BCUT2D eigenvalue weighted by Gasteiger charge is 2.23. The minimum Gasteiger partial charge on any atom is -0.495 e. The van der Waals surface area contributed by atoms with E-state index in [1.807, 2.05) is 0 Å². The van der Waals surface area contributed by atoms with Crippen molar-refractivity contribution in [3.8, 4) is 5.75 Å². The van der Waals surface area contributed by atoms with Crippen LogP contribution in [-0.4, -0.2) is 49.1 Å². The summed E-state index contributed by atoms with van der Waals surface area (Å²) in [5, 5.41) is 10.4. The summed E-state index contributed by atoms with van der Waals surface area (Å²) < 4.78 is 29.5. The summed E-state index contributed by atoms with van der Waals surface area (Å²) in [7, 11) is 1.41. The predicted octanol–water partition coefficient (Wildman–Crippen LogP) is 1.46. The molecule has 1 aromatic heterocycles. The SMILES string of the molecule is COc1ccsc1C(=O)N(CCO)CC(F)F. The first kappa shape index (κ1) is 13.9. The highest BCUT2D eigenvalue weighted by molar-refractivity contribution is 7.12. The Bertz CT molecular complexity index is 370. The van der Waals surface area contributed by atoms with E-state index < -0.39 is 18.9 Å². The van der Waals surface area contributed by atoms with Crippen molar-refractivity contribution < 1.29 is 23.4 Å². The zero-order valence-electron chi connectivity index (χ0n) is 9.23. The van der Waals surface area contributed by atoms with Crippen molar-refractivity contribution in [2.75, 3.05) is 26.8 Å². The molecule has 0 fully saturated rings. The molecule has 1 heterocycles. The molecule has 0 bridgehead atoms. The number of alkyl halides is 2. The van der Waals surface area contributed by atoms with E-state index >= 15 is 0 Å². The van der Waals surface area contributed by atoms with Crippen molar-refractivity contribution in [2.24, 2.45) is 0 Å². The summed E-state index contributed by atoms with van der Waals surface area (Å²) in [6, 6.07) is 1.59. The lowest BCUT2D eigenvalue weighted by Gasteiger charge is -2.20. The second-order valence-electron chi connectivity index (χ2n) is 3.18. The zero-order chi connectivity index (χ0) is 12.8. The zero-order valence-corrected chi connectivity index (χ0v) is 10.0. The lowest BCUT2D eigenvalue weighted by atomic mass is 10.3. The van der Waals surface area contributed by atoms with Crippen molar-refractivity contribution >= 4 is 17.2 Å². The molecular weight excluding hydrogens is 252 g/mol. The van der Waals surface area contributed by atoms with Gasteiger partial charge in [0.25, 0.3) is 12.3 Å². The summed E-state index contributed by atoms with van der Waals surface area (Å²) in [5.41, 5.74) is 0. The molecule has 0 aromatic carbocycles. The third-order valence-corrected chi connectivity index (χ3v) is 2.94. The van der Waals surface area contributed by atoms with Gasteiger partial charge < -0.3 is 14.7 Å². The van der Waals surface area contributed by atoms with Crippen LogP contribution in [0.25, 0.3) is 0 Å². The minimum absolute atomic E-state index is 0.121. The van der Waals surface area contributed by atoms with Crippen molar-refractivity contribution in [1.82, 2.24) is 4.90 Å². The monoisotopic (exact) mass is 265 g/mol. The van der Waals surface area contributed by atoms with Crippen LogP contribution >= 0.6 is 11.3 Å². The molecule has 17 heavy (non-hydrogen) atoms. The molecule has 0 atom stereocenters. The van der Waals surface area contributed by atoms with Gasteiger partial charge in [0.15, 0.2) is 0 Å². The highest BCUT2D eigenvalue weighted by Crippen LogP contribution is 2.26. The molecule has 1 N–H and O–H groups in total. The van der Waals surface area contributed by atoms with E-state index in [4.69, 9.17) is 9.84 Å². The van der Waals surface area contributed by atoms with Crippen LogP contribution in [0.2, 0.25) is 0 Å². The average Bonchev–Trinajstić information content (AvgIpc) is 2.74. The number of halogens is 2. The molecule has 0 aliphatic rings. The van der Waals surface area contributed by atoms with E-state index in [1.165, 1.54) is 7.11 Å². The third kappa shape index (κ3) is 3.64. The van der Waals surface area contributed by atoms with Gasteiger partial charge in [-0.3, -0.25) is 4.79 Å². The first-order valence-corrected chi connectivity index (χ1v) is 5.77. The molecule has 0 spiro atoms. The number of hydrogen-bond acceptors (Lipinski definition) is 4. The number of aliphatic hydroxyl groups excluding tert-OH is 1. The molecule has 0 unspecified atom stereocenters. The summed E-state index contributed by atoms with van der Waals surface area (Å²) >= 11 is 1.12. The number of carbonyl (C=O) groups is 1. The van der Waals surface area contributed by atoms with E-state index in [1.54, 1.807) is 11.4 Å². The fraction of sp³-hybridized carbons (Fsp3) is 0.500. The van der Waals surface area contributed by atoms with E-state index in [0.29, 0.717) is 5.75 Å². The Kier molecular flexibility index (Phi) is 5.30. The quantitative estimate of drug-likeness (QED) is 0.847. The number of amides is 1. The highest BCUT2D eigenvalue weighted by atomic mass is 32.1. The van der Waals surface area contributed by atoms with E-state index in [2.05, 4.69) is 0 Å². The average molecular weight is 265 g/mol. The molecule has 0 aliphatic heterocycles. The number of ether oxygens (including phenoxy) is 1. The summed E-state index contributed by atoms with van der Waals surface area (Å²) in [6.07, 6.45) is -2.63. The van der Waals surface area contributed by atoms with Crippen molar-refractivity contribution in [3.05, 3.63) is 16.3 Å². The smallest absolute Gasteiger partial charge is 0.268 e. The fourth-order valence-electron chi connectivity index (χ4n) is 1.32. The summed E-state index contributed by atoms with van der Waals surface area (Å²) in [6.45, 7) is -1.17. The van der Waals surface area contributed by atoms with Gasteiger partial charge in [-0.15, -0.1) is 11.3 Å². The van der Waals surface area contributed by atoms with E-state index in [-0.39, 0.29) is 18.0 Å². The fourth-order valence-corrected chi connectivity index (χ4v) is 2.15. The van der Waals surface area contributed by atoms with Crippen molar-refractivity contribution in [3.63, 3.8) is 0 Å². The standard InChI is InChI=1S/C10H13F2NO3S/c1-16-7-2-5-17-9(7)10(15)13(3-4-14)6-8(11)12/h2,5,8,14H,3-4,6H2,1H3. The Morgan fingerprint density at radius 3 is 2.88 bits per heavy atom. The van der Waals surface area contributed by atoms with Gasteiger partial charge in [0.05, 0.1) is 20.3 Å². The van der Waals surface area contributed by atoms with Crippen LogP contribution in [0, 0.1) is 0 Å². The second-order valence-corrected chi connectivity index (χ2v) is 4.10. The molecule has 1 aromatic rings. The second kappa shape index (κ2) is 6.51. The van der Waals surface area contributed by atoms with Crippen LogP contribution in [0.1, 0.15) is 9.67 Å². The van der Waals surface area contributed by atoms with Crippen LogP contribution in [-0.2, 0) is 0 Å². The van der Waals surface area contributed by atoms with Crippen molar-refractivity contribution in [2.45, 2.75) is 6.43 Å². The molecule has 0 saturated heterocycles. The molecule has 1 amide bonds. The Labute approximate surface area is 101 Å². The number of rotatable bonds is 6. The van der Waals surface area contributed by atoms with Gasteiger partial charge in [-0.25, -0.2) is 8.78 Å².